The Balaban J connectivity index is 1.96. The number of halogens is 1. The van der Waals surface area contributed by atoms with Crippen molar-refractivity contribution >= 4 is 29.1 Å². The number of methoxy groups -OCH3 is 2. The molecule has 1 atom stereocenters. The van der Waals surface area contributed by atoms with Crippen molar-refractivity contribution in [2.45, 2.75) is 12.6 Å². The molecule has 2 heterocycles. The number of nitrogens with zero attached hydrogens (tertiary/aromatic N) is 1. The monoisotopic (exact) mass is 469 g/mol. The highest BCUT2D eigenvalue weighted by atomic mass is 35.5. The number of phenols is 1. The third-order valence-corrected chi connectivity index (χ3v) is 5.70. The number of carbonyl (C=O) groups is 2. The molecule has 1 saturated heterocycles. The number of phenolic OH excluding ortho intramolecular Hbond substituents is 1. The molecule has 2 N–H and O–H groups in total. The van der Waals surface area contributed by atoms with E-state index in [9.17, 15) is 19.8 Å². The lowest BCUT2D eigenvalue weighted by molar-refractivity contribution is -0.140. The molecule has 1 aliphatic heterocycles. The number of furan rings is 1. The predicted octanol–water partition coefficient (Wildman–Crippen LogP) is 4.28. The Kier molecular flexibility index (Phi) is 6.02. The van der Waals surface area contributed by atoms with Crippen LogP contribution in [0.25, 0.3) is 5.76 Å². The summed E-state index contributed by atoms with van der Waals surface area (Å²) in [6.07, 6.45) is 1.46. The smallest absolute Gasteiger partial charge is 0.296 e. The zero-order valence-corrected chi connectivity index (χ0v) is 18.5. The number of Topliss-reactive ketones (excluding diaryl/α,β-unsaturated/α-hetero) is 1. The van der Waals surface area contributed by atoms with E-state index in [1.165, 1.54) is 43.6 Å². The fourth-order valence-electron chi connectivity index (χ4n) is 3.87. The second kappa shape index (κ2) is 8.91. The summed E-state index contributed by atoms with van der Waals surface area (Å²) in [7, 11) is 2.83. The van der Waals surface area contributed by atoms with Gasteiger partial charge in [0.15, 0.2) is 0 Å². The number of benzene rings is 2. The Morgan fingerprint density at radius 1 is 1.09 bits per heavy atom. The van der Waals surface area contributed by atoms with Crippen LogP contribution < -0.4 is 9.47 Å². The fourth-order valence-corrected chi connectivity index (χ4v) is 4.06. The van der Waals surface area contributed by atoms with Gasteiger partial charge in [0, 0.05) is 0 Å². The second-order valence-corrected chi connectivity index (χ2v) is 7.66. The normalized spacial score (nSPS) is 17.4. The molecule has 0 radical (unpaired) electrons. The minimum atomic E-state index is -1.01. The molecule has 4 rings (SSSR count). The first-order valence-corrected chi connectivity index (χ1v) is 10.3. The van der Waals surface area contributed by atoms with Gasteiger partial charge in [-0.3, -0.25) is 9.59 Å². The topological polar surface area (TPSA) is 109 Å². The summed E-state index contributed by atoms with van der Waals surface area (Å²) in [6, 6.07) is 11.5. The maximum atomic E-state index is 13.2. The van der Waals surface area contributed by atoms with Gasteiger partial charge in [0.05, 0.1) is 43.7 Å². The standard InChI is InChI=1S/C24H20ClNO7/c1-31-17-6-3-7-18(32-2)19(17)22(28)20-21(13-8-9-16(27)15(25)11-13)26(24(30)23(20)29)12-14-5-4-10-33-14/h3-11,21,27-28H,12H2,1-2H3/b22-20+. The van der Waals surface area contributed by atoms with Crippen LogP contribution in [0.1, 0.15) is 22.9 Å². The highest BCUT2D eigenvalue weighted by molar-refractivity contribution is 6.46. The van der Waals surface area contributed by atoms with Crippen LogP contribution in [-0.2, 0) is 16.1 Å². The van der Waals surface area contributed by atoms with E-state index in [1.54, 1.807) is 30.3 Å². The van der Waals surface area contributed by atoms with E-state index in [0.29, 0.717) is 11.3 Å². The number of rotatable bonds is 6. The van der Waals surface area contributed by atoms with Crippen molar-refractivity contribution in [3.63, 3.8) is 0 Å². The van der Waals surface area contributed by atoms with Crippen molar-refractivity contribution in [2.24, 2.45) is 0 Å². The summed E-state index contributed by atoms with van der Waals surface area (Å²) in [5, 5.41) is 21.2. The molecule has 0 spiro atoms. The summed E-state index contributed by atoms with van der Waals surface area (Å²) < 4.78 is 16.1. The van der Waals surface area contributed by atoms with Gasteiger partial charge < -0.3 is 29.0 Å². The van der Waals surface area contributed by atoms with E-state index in [4.69, 9.17) is 25.5 Å². The van der Waals surface area contributed by atoms with Gasteiger partial charge in [-0.25, -0.2) is 0 Å². The van der Waals surface area contributed by atoms with E-state index in [-0.39, 0.29) is 40.0 Å². The van der Waals surface area contributed by atoms with Crippen molar-refractivity contribution in [1.29, 1.82) is 0 Å². The number of carbonyl (C=O) groups excluding carboxylic acids is 2. The molecule has 0 saturated carbocycles. The maximum absolute atomic E-state index is 13.2. The molecule has 1 fully saturated rings. The summed E-state index contributed by atoms with van der Waals surface area (Å²) in [5.74, 6) is -1.37. The molecule has 1 amide bonds. The van der Waals surface area contributed by atoms with Crippen LogP contribution in [0.2, 0.25) is 5.02 Å². The average molecular weight is 470 g/mol. The van der Waals surface area contributed by atoms with E-state index >= 15 is 0 Å². The molecule has 2 aromatic carbocycles. The molecule has 9 heteroatoms. The number of ketones is 1. The number of hydrogen-bond donors (Lipinski definition) is 2. The van der Waals surface area contributed by atoms with Crippen LogP contribution in [0, 0.1) is 0 Å². The summed E-state index contributed by atoms with van der Waals surface area (Å²) in [5.41, 5.74) is 0.378. The molecule has 33 heavy (non-hydrogen) atoms. The zero-order valence-electron chi connectivity index (χ0n) is 17.7. The van der Waals surface area contributed by atoms with E-state index in [1.807, 2.05) is 0 Å². The highest BCUT2D eigenvalue weighted by Gasteiger charge is 2.47. The zero-order chi connectivity index (χ0) is 23.7. The Hall–Kier alpha value is -3.91. The number of ether oxygens (including phenoxy) is 2. The average Bonchev–Trinajstić information content (AvgIpc) is 3.42. The van der Waals surface area contributed by atoms with E-state index in [0.717, 1.165) is 0 Å². The third-order valence-electron chi connectivity index (χ3n) is 5.40. The van der Waals surface area contributed by atoms with Gasteiger partial charge in [0.1, 0.15) is 34.3 Å². The van der Waals surface area contributed by atoms with Crippen LogP contribution >= 0.6 is 11.6 Å². The van der Waals surface area contributed by atoms with Crippen molar-refractivity contribution < 1.29 is 33.7 Å². The lowest BCUT2D eigenvalue weighted by atomic mass is 9.94. The summed E-state index contributed by atoms with van der Waals surface area (Å²) in [4.78, 5) is 27.5. The van der Waals surface area contributed by atoms with Gasteiger partial charge in [-0.2, -0.15) is 0 Å². The van der Waals surface area contributed by atoms with Gasteiger partial charge in [0.2, 0.25) is 0 Å². The van der Waals surface area contributed by atoms with Gasteiger partial charge in [-0.1, -0.05) is 23.7 Å². The Morgan fingerprint density at radius 3 is 2.36 bits per heavy atom. The van der Waals surface area contributed by atoms with Crippen molar-refractivity contribution in [3.8, 4) is 17.2 Å². The van der Waals surface area contributed by atoms with Crippen molar-refractivity contribution in [3.05, 3.63) is 82.3 Å². The Bertz CT molecular complexity index is 1230. The minimum Gasteiger partial charge on any atom is -0.506 e. The minimum absolute atomic E-state index is 0.0272. The molecule has 0 aliphatic carbocycles. The lowest BCUT2D eigenvalue weighted by Crippen LogP contribution is -2.29. The number of likely N-dealkylation sites (tertiary alicyclic amines) is 1. The molecule has 170 valence electrons. The quantitative estimate of drug-likeness (QED) is 0.315. The Morgan fingerprint density at radius 2 is 1.79 bits per heavy atom. The van der Waals surface area contributed by atoms with Gasteiger partial charge in [-0.15, -0.1) is 0 Å². The first-order valence-electron chi connectivity index (χ1n) is 9.88. The first-order chi connectivity index (χ1) is 15.9. The van der Waals surface area contributed by atoms with Crippen LogP contribution in [0.4, 0.5) is 0 Å². The maximum Gasteiger partial charge on any atom is 0.296 e. The van der Waals surface area contributed by atoms with Crippen molar-refractivity contribution in [2.75, 3.05) is 14.2 Å². The van der Waals surface area contributed by atoms with E-state index < -0.39 is 23.5 Å². The van der Waals surface area contributed by atoms with Crippen LogP contribution in [0.3, 0.4) is 0 Å². The SMILES string of the molecule is COc1cccc(OC)c1/C(O)=C1\C(=O)C(=O)N(Cc2ccco2)C1c1ccc(O)c(Cl)c1. The highest BCUT2D eigenvalue weighted by Crippen LogP contribution is 2.44. The summed E-state index contributed by atoms with van der Waals surface area (Å²) in [6.45, 7) is -0.0272. The van der Waals surface area contributed by atoms with Gasteiger partial charge in [0.25, 0.3) is 11.7 Å². The summed E-state index contributed by atoms with van der Waals surface area (Å²) >= 11 is 6.12. The fraction of sp³-hybridized carbons (Fsp3) is 0.167. The number of aliphatic hydroxyl groups is 1. The predicted molar refractivity (Wildman–Crippen MR) is 119 cm³/mol. The molecule has 1 unspecified atom stereocenters. The number of amides is 1. The van der Waals surface area contributed by atoms with Crippen LogP contribution in [0.5, 0.6) is 17.2 Å². The molecule has 1 aromatic heterocycles. The first kappa shape index (κ1) is 22.3. The molecular weight excluding hydrogens is 450 g/mol. The molecule has 0 bridgehead atoms. The molecular formula is C24H20ClNO7. The largest absolute Gasteiger partial charge is 0.506 e. The molecule has 8 nitrogen and oxygen atoms in total. The second-order valence-electron chi connectivity index (χ2n) is 7.25. The van der Waals surface area contributed by atoms with Crippen molar-refractivity contribution in [1.82, 2.24) is 4.90 Å². The third kappa shape index (κ3) is 3.89. The van der Waals surface area contributed by atoms with Gasteiger partial charge >= 0.3 is 0 Å². The molecule has 1 aliphatic rings. The number of hydrogen-bond acceptors (Lipinski definition) is 7. The number of aliphatic hydroxyl groups excluding tert-OH is 1. The molecule has 3 aromatic rings. The van der Waals surface area contributed by atoms with Crippen LogP contribution in [0.15, 0.2) is 64.8 Å². The Labute approximate surface area is 194 Å². The number of aromatic hydroxyl groups is 1. The lowest BCUT2D eigenvalue weighted by Gasteiger charge is -2.25. The van der Waals surface area contributed by atoms with Gasteiger partial charge in [-0.05, 0) is 42.0 Å². The van der Waals surface area contributed by atoms with Crippen LogP contribution in [-0.4, -0.2) is 41.0 Å². The van der Waals surface area contributed by atoms with E-state index in [2.05, 4.69) is 0 Å².